The van der Waals surface area contributed by atoms with Crippen molar-refractivity contribution in [2.45, 2.75) is 71.6 Å². The van der Waals surface area contributed by atoms with Gasteiger partial charge >= 0.3 is 6.03 Å². The third-order valence-electron chi connectivity index (χ3n) is 6.38. The van der Waals surface area contributed by atoms with Crippen molar-refractivity contribution in [2.24, 2.45) is 5.73 Å². The summed E-state index contributed by atoms with van der Waals surface area (Å²) in [6.07, 6.45) is 7.20. The van der Waals surface area contributed by atoms with Gasteiger partial charge in [0.2, 0.25) is 0 Å². The lowest BCUT2D eigenvalue weighted by Crippen LogP contribution is -2.51. The molecule has 3 aromatic rings. The minimum atomic E-state index is -0.457. The lowest BCUT2D eigenvalue weighted by molar-refractivity contribution is 0.249. The first-order chi connectivity index (χ1) is 17.6. The van der Waals surface area contributed by atoms with Gasteiger partial charge < -0.3 is 10.5 Å². The van der Waals surface area contributed by atoms with Gasteiger partial charge in [-0.3, -0.25) is 10.2 Å². The molecule has 0 spiro atoms. The number of halogens is 1. The molecule has 1 atom stereocenters. The zero-order valence-electron chi connectivity index (χ0n) is 22.2. The molecule has 3 rings (SSSR count). The number of hydrogen-bond acceptors (Lipinski definition) is 3. The first kappa shape index (κ1) is 30.4. The molecule has 37 heavy (non-hydrogen) atoms. The number of ether oxygens (including phenoxy) is 1. The molecule has 5 nitrogen and oxygen atoms in total. The standard InChI is InChI=1S/C31H41N3O2.BrH/c1-3-5-10-25-14-16-26(17-15-25)22-23-33-30(13-6-4-2)34(31(32)35)28-18-20-29(21-19-28)36-24-27-11-8-7-9-12-27;/h7-9,11-12,14-21,30,33H,3-6,10,13,22-24H2,1-2H3,(H2,32,35);1H. The third-order valence-corrected chi connectivity index (χ3v) is 6.38. The van der Waals surface area contributed by atoms with E-state index in [0.717, 1.165) is 55.6 Å². The van der Waals surface area contributed by atoms with Crippen LogP contribution in [0, 0.1) is 0 Å². The summed E-state index contributed by atoms with van der Waals surface area (Å²) in [4.78, 5) is 14.2. The molecule has 0 saturated carbocycles. The van der Waals surface area contributed by atoms with E-state index in [0.29, 0.717) is 6.61 Å². The van der Waals surface area contributed by atoms with Crippen molar-refractivity contribution >= 4 is 28.7 Å². The molecule has 2 amide bonds. The second kappa shape index (κ2) is 16.8. The van der Waals surface area contributed by atoms with Gasteiger partial charge in [-0.15, -0.1) is 17.0 Å². The molecule has 0 aliphatic heterocycles. The van der Waals surface area contributed by atoms with E-state index in [1.54, 1.807) is 4.90 Å². The highest BCUT2D eigenvalue weighted by molar-refractivity contribution is 8.93. The number of nitrogens with two attached hydrogens (primary N) is 1. The van der Waals surface area contributed by atoms with Gasteiger partial charge in [-0.1, -0.05) is 87.7 Å². The summed E-state index contributed by atoms with van der Waals surface area (Å²) in [6, 6.07) is 26.1. The van der Waals surface area contributed by atoms with Crippen molar-refractivity contribution in [1.82, 2.24) is 5.32 Å². The topological polar surface area (TPSA) is 67.6 Å². The van der Waals surface area contributed by atoms with Crippen LogP contribution in [-0.2, 0) is 19.4 Å². The van der Waals surface area contributed by atoms with Gasteiger partial charge in [0.05, 0.1) is 6.17 Å². The number of unbranched alkanes of at least 4 members (excludes halogenated alkanes) is 2. The van der Waals surface area contributed by atoms with Crippen LogP contribution >= 0.6 is 17.0 Å². The highest BCUT2D eigenvalue weighted by Crippen LogP contribution is 2.23. The molecular formula is C31H42BrN3O2. The van der Waals surface area contributed by atoms with Gasteiger partial charge in [0.25, 0.3) is 0 Å². The van der Waals surface area contributed by atoms with Crippen LogP contribution in [0.2, 0.25) is 0 Å². The van der Waals surface area contributed by atoms with Crippen LogP contribution in [0.25, 0.3) is 0 Å². The van der Waals surface area contributed by atoms with Crippen LogP contribution in [0.5, 0.6) is 5.75 Å². The predicted octanol–water partition coefficient (Wildman–Crippen LogP) is 7.42. The normalized spacial score (nSPS) is 11.4. The van der Waals surface area contributed by atoms with Gasteiger partial charge in [-0.25, -0.2) is 4.79 Å². The Balaban J connectivity index is 0.00000481. The number of nitrogens with one attached hydrogen (secondary N) is 1. The molecule has 3 N–H and O–H groups in total. The van der Waals surface area contributed by atoms with Crippen molar-refractivity contribution < 1.29 is 9.53 Å². The van der Waals surface area contributed by atoms with E-state index in [9.17, 15) is 4.79 Å². The maximum Gasteiger partial charge on any atom is 0.320 e. The number of rotatable bonds is 15. The Hall–Kier alpha value is -2.83. The Bertz CT molecular complexity index is 1030. The summed E-state index contributed by atoms with van der Waals surface area (Å²) in [7, 11) is 0. The largest absolute Gasteiger partial charge is 0.489 e. The first-order valence-electron chi connectivity index (χ1n) is 13.3. The minimum Gasteiger partial charge on any atom is -0.489 e. The second-order valence-corrected chi connectivity index (χ2v) is 9.26. The van der Waals surface area contributed by atoms with E-state index >= 15 is 0 Å². The Morgan fingerprint density at radius 1 is 0.838 bits per heavy atom. The second-order valence-electron chi connectivity index (χ2n) is 9.26. The van der Waals surface area contributed by atoms with Gasteiger partial charge in [-0.05, 0) is 66.6 Å². The van der Waals surface area contributed by atoms with Gasteiger partial charge in [0.1, 0.15) is 12.4 Å². The highest BCUT2D eigenvalue weighted by Gasteiger charge is 2.23. The molecule has 1 unspecified atom stereocenters. The number of benzene rings is 3. The van der Waals surface area contributed by atoms with Crippen LogP contribution in [0.3, 0.4) is 0 Å². The smallest absolute Gasteiger partial charge is 0.320 e. The number of hydrogen-bond donors (Lipinski definition) is 2. The maximum absolute atomic E-state index is 12.5. The number of aryl methyl sites for hydroxylation is 1. The molecule has 0 aromatic heterocycles. The predicted molar refractivity (Wildman–Crippen MR) is 160 cm³/mol. The molecule has 0 bridgehead atoms. The fraction of sp³-hybridized carbons (Fsp3) is 0.387. The molecular weight excluding hydrogens is 526 g/mol. The minimum absolute atomic E-state index is 0. The molecule has 0 aliphatic rings. The van der Waals surface area contributed by atoms with E-state index in [4.69, 9.17) is 10.5 Å². The SMILES string of the molecule is Br.CCCCc1ccc(CCNC(CCCC)N(C(N)=O)c2ccc(OCc3ccccc3)cc2)cc1. The number of urea groups is 1. The summed E-state index contributed by atoms with van der Waals surface area (Å²) in [5, 5.41) is 3.59. The molecule has 0 radical (unpaired) electrons. The molecule has 6 heteroatoms. The first-order valence-corrected chi connectivity index (χ1v) is 13.3. The average molecular weight is 569 g/mol. The lowest BCUT2D eigenvalue weighted by Gasteiger charge is -2.31. The monoisotopic (exact) mass is 567 g/mol. The van der Waals surface area contributed by atoms with Crippen LogP contribution in [0.1, 0.15) is 62.6 Å². The molecule has 3 aromatic carbocycles. The zero-order chi connectivity index (χ0) is 25.6. The summed E-state index contributed by atoms with van der Waals surface area (Å²) in [6.45, 7) is 5.65. The van der Waals surface area contributed by atoms with Crippen LogP contribution < -0.4 is 20.7 Å². The van der Waals surface area contributed by atoms with Crippen molar-refractivity contribution in [3.63, 3.8) is 0 Å². The average Bonchev–Trinajstić information content (AvgIpc) is 2.91. The van der Waals surface area contributed by atoms with Gasteiger partial charge in [0, 0.05) is 12.2 Å². The number of primary amides is 1. The van der Waals surface area contributed by atoms with E-state index in [-0.39, 0.29) is 23.1 Å². The fourth-order valence-corrected chi connectivity index (χ4v) is 4.26. The Kier molecular flexibility index (Phi) is 13.8. The van der Waals surface area contributed by atoms with Crippen molar-refractivity contribution in [2.75, 3.05) is 11.4 Å². The molecule has 0 fully saturated rings. The van der Waals surface area contributed by atoms with E-state index in [1.165, 1.54) is 24.0 Å². The number of nitrogens with zero attached hydrogens (tertiary/aromatic N) is 1. The Morgan fingerprint density at radius 3 is 2.05 bits per heavy atom. The number of anilines is 1. The molecule has 200 valence electrons. The number of carbonyl (C=O) groups is 1. The van der Waals surface area contributed by atoms with E-state index in [1.807, 2.05) is 54.6 Å². The zero-order valence-corrected chi connectivity index (χ0v) is 23.9. The third kappa shape index (κ3) is 10.2. The summed E-state index contributed by atoms with van der Waals surface area (Å²) in [5.41, 5.74) is 10.4. The summed E-state index contributed by atoms with van der Waals surface area (Å²) in [5.74, 6) is 0.757. The summed E-state index contributed by atoms with van der Waals surface area (Å²) >= 11 is 0. The van der Waals surface area contributed by atoms with E-state index < -0.39 is 6.03 Å². The molecule has 0 heterocycles. The summed E-state index contributed by atoms with van der Waals surface area (Å²) < 4.78 is 5.91. The van der Waals surface area contributed by atoms with Crippen LogP contribution in [-0.4, -0.2) is 18.7 Å². The highest BCUT2D eigenvalue weighted by atomic mass is 79.9. The van der Waals surface area contributed by atoms with Crippen molar-refractivity contribution in [3.05, 3.63) is 95.6 Å². The maximum atomic E-state index is 12.5. The van der Waals surface area contributed by atoms with Crippen LogP contribution in [0.4, 0.5) is 10.5 Å². The molecule has 0 aliphatic carbocycles. The van der Waals surface area contributed by atoms with Crippen molar-refractivity contribution in [3.8, 4) is 5.75 Å². The Labute approximate surface area is 233 Å². The number of carbonyl (C=O) groups excluding carboxylic acids is 1. The van der Waals surface area contributed by atoms with Gasteiger partial charge in [-0.2, -0.15) is 0 Å². The van der Waals surface area contributed by atoms with Gasteiger partial charge in [0.15, 0.2) is 0 Å². The molecule has 0 saturated heterocycles. The van der Waals surface area contributed by atoms with Crippen molar-refractivity contribution in [1.29, 1.82) is 0 Å². The Morgan fingerprint density at radius 2 is 1.46 bits per heavy atom. The lowest BCUT2D eigenvalue weighted by atomic mass is 10.0. The quantitative estimate of drug-likeness (QED) is 0.188. The van der Waals surface area contributed by atoms with E-state index in [2.05, 4.69) is 43.4 Å². The number of amides is 2. The van der Waals surface area contributed by atoms with Crippen LogP contribution in [0.15, 0.2) is 78.9 Å². The fourth-order valence-electron chi connectivity index (χ4n) is 4.26.